The number of hydrogen-bond acceptors (Lipinski definition) is 5. The molecule has 138 valence electrons. The van der Waals surface area contributed by atoms with Gasteiger partial charge in [-0.1, -0.05) is 36.4 Å². The van der Waals surface area contributed by atoms with Crippen molar-refractivity contribution in [3.63, 3.8) is 0 Å². The standard InChI is InChI=1S/C23H18N2O3/c1-27-23(26)18-11-9-17(10-12-18)16-28-22-8-3-2-6-19(22)14-20(15-24)21-7-4-5-13-25-21/h2-14H,16H2,1H3. The molecule has 0 aliphatic carbocycles. The Morgan fingerprint density at radius 1 is 1.07 bits per heavy atom. The molecule has 0 bridgehead atoms. The first-order chi connectivity index (χ1) is 13.7. The van der Waals surface area contributed by atoms with Crippen LogP contribution in [0.1, 0.15) is 27.2 Å². The lowest BCUT2D eigenvalue weighted by Crippen LogP contribution is -2.02. The normalized spacial score (nSPS) is 10.8. The highest BCUT2D eigenvalue weighted by atomic mass is 16.5. The van der Waals surface area contributed by atoms with Crippen LogP contribution in [0.4, 0.5) is 0 Å². The summed E-state index contributed by atoms with van der Waals surface area (Å²) in [5, 5.41) is 9.49. The molecular formula is C23H18N2O3. The molecule has 0 radical (unpaired) electrons. The van der Waals surface area contributed by atoms with Crippen molar-refractivity contribution >= 4 is 17.6 Å². The number of nitriles is 1. The molecule has 0 saturated carbocycles. The third-order valence-electron chi connectivity index (χ3n) is 4.05. The van der Waals surface area contributed by atoms with Gasteiger partial charge in [-0.3, -0.25) is 4.98 Å². The topological polar surface area (TPSA) is 72.2 Å². The van der Waals surface area contributed by atoms with E-state index >= 15 is 0 Å². The Labute approximate surface area is 163 Å². The number of hydrogen-bond donors (Lipinski definition) is 0. The zero-order chi connectivity index (χ0) is 19.8. The quantitative estimate of drug-likeness (QED) is 0.471. The van der Waals surface area contributed by atoms with Gasteiger partial charge in [-0.15, -0.1) is 0 Å². The molecule has 0 atom stereocenters. The van der Waals surface area contributed by atoms with Gasteiger partial charge in [0.05, 0.1) is 23.9 Å². The van der Waals surface area contributed by atoms with Crippen molar-refractivity contribution in [2.45, 2.75) is 6.61 Å². The second-order valence-corrected chi connectivity index (χ2v) is 5.90. The molecule has 5 heteroatoms. The van der Waals surface area contributed by atoms with E-state index in [0.29, 0.717) is 29.2 Å². The second kappa shape index (κ2) is 9.15. The summed E-state index contributed by atoms with van der Waals surface area (Å²) >= 11 is 0. The molecule has 0 unspecified atom stereocenters. The number of pyridine rings is 1. The van der Waals surface area contributed by atoms with Gasteiger partial charge in [0.15, 0.2) is 0 Å². The molecule has 1 heterocycles. The predicted molar refractivity (Wildman–Crippen MR) is 106 cm³/mol. The van der Waals surface area contributed by atoms with Gasteiger partial charge in [-0.2, -0.15) is 5.26 Å². The van der Waals surface area contributed by atoms with E-state index in [4.69, 9.17) is 9.47 Å². The van der Waals surface area contributed by atoms with Gasteiger partial charge >= 0.3 is 5.97 Å². The Morgan fingerprint density at radius 3 is 2.50 bits per heavy atom. The number of ether oxygens (including phenoxy) is 2. The predicted octanol–water partition coefficient (Wildman–Crippen LogP) is 4.51. The number of aromatic nitrogens is 1. The summed E-state index contributed by atoms with van der Waals surface area (Å²) < 4.78 is 10.6. The van der Waals surface area contributed by atoms with Crippen LogP contribution in [-0.4, -0.2) is 18.1 Å². The Balaban J connectivity index is 1.78. The summed E-state index contributed by atoms with van der Waals surface area (Å²) in [6.45, 7) is 0.331. The molecule has 0 amide bonds. The lowest BCUT2D eigenvalue weighted by atomic mass is 10.1. The number of carbonyl (C=O) groups excluding carboxylic acids is 1. The van der Waals surface area contributed by atoms with Gasteiger partial charge in [0.25, 0.3) is 0 Å². The number of para-hydroxylation sites is 1. The number of rotatable bonds is 6. The summed E-state index contributed by atoms with van der Waals surface area (Å²) in [7, 11) is 1.35. The van der Waals surface area contributed by atoms with Crippen molar-refractivity contribution < 1.29 is 14.3 Å². The number of nitrogens with zero attached hydrogens (tertiary/aromatic N) is 2. The molecule has 0 N–H and O–H groups in total. The molecule has 0 fully saturated rings. The molecule has 0 aliphatic heterocycles. The third-order valence-corrected chi connectivity index (χ3v) is 4.05. The molecule has 0 spiro atoms. The first-order valence-corrected chi connectivity index (χ1v) is 8.63. The highest BCUT2D eigenvalue weighted by Gasteiger charge is 2.07. The minimum Gasteiger partial charge on any atom is -0.488 e. The maximum Gasteiger partial charge on any atom is 0.337 e. The van der Waals surface area contributed by atoms with E-state index in [-0.39, 0.29) is 5.97 Å². The van der Waals surface area contributed by atoms with Crippen molar-refractivity contribution in [1.29, 1.82) is 5.26 Å². The molecule has 1 aromatic heterocycles. The first-order valence-electron chi connectivity index (χ1n) is 8.63. The monoisotopic (exact) mass is 370 g/mol. The van der Waals surface area contributed by atoms with E-state index in [0.717, 1.165) is 11.1 Å². The summed E-state index contributed by atoms with van der Waals surface area (Å²) in [4.78, 5) is 15.7. The molecule has 0 aliphatic rings. The average molecular weight is 370 g/mol. The zero-order valence-electron chi connectivity index (χ0n) is 15.3. The van der Waals surface area contributed by atoms with Crippen molar-refractivity contribution in [3.05, 3.63) is 95.3 Å². The van der Waals surface area contributed by atoms with Crippen molar-refractivity contribution in [2.24, 2.45) is 0 Å². The number of esters is 1. The fourth-order valence-corrected chi connectivity index (χ4v) is 2.59. The largest absolute Gasteiger partial charge is 0.488 e. The fourth-order valence-electron chi connectivity index (χ4n) is 2.59. The van der Waals surface area contributed by atoms with E-state index in [1.165, 1.54) is 7.11 Å². The molecule has 3 rings (SSSR count). The second-order valence-electron chi connectivity index (χ2n) is 5.90. The van der Waals surface area contributed by atoms with Gasteiger partial charge in [0, 0.05) is 11.8 Å². The third kappa shape index (κ3) is 4.63. The van der Waals surface area contributed by atoms with E-state index in [9.17, 15) is 10.1 Å². The minimum absolute atomic E-state index is 0.331. The lowest BCUT2D eigenvalue weighted by molar-refractivity contribution is 0.0600. The Kier molecular flexibility index (Phi) is 6.17. The van der Waals surface area contributed by atoms with Crippen molar-refractivity contribution in [2.75, 3.05) is 7.11 Å². The number of allylic oxidation sites excluding steroid dienone is 1. The van der Waals surface area contributed by atoms with Crippen LogP contribution in [0.5, 0.6) is 5.75 Å². The highest BCUT2D eigenvalue weighted by Crippen LogP contribution is 2.24. The van der Waals surface area contributed by atoms with Gasteiger partial charge in [-0.25, -0.2) is 4.79 Å². The molecule has 3 aromatic rings. The maximum absolute atomic E-state index is 11.5. The summed E-state index contributed by atoms with van der Waals surface area (Å²) in [5.74, 6) is 0.282. The Bertz CT molecular complexity index is 1020. The fraction of sp³-hybridized carbons (Fsp3) is 0.0870. The molecule has 0 saturated heterocycles. The van der Waals surface area contributed by atoms with Crippen LogP contribution in [0.15, 0.2) is 72.9 Å². The number of benzene rings is 2. The first kappa shape index (κ1) is 18.9. The summed E-state index contributed by atoms with van der Waals surface area (Å²) in [6.07, 6.45) is 3.42. The molecule has 5 nitrogen and oxygen atoms in total. The van der Waals surface area contributed by atoms with E-state index in [2.05, 4.69) is 11.1 Å². The van der Waals surface area contributed by atoms with E-state index < -0.39 is 0 Å². The summed E-state index contributed by atoms with van der Waals surface area (Å²) in [5.41, 5.74) is 3.26. The Hall–Kier alpha value is -3.91. The van der Waals surface area contributed by atoms with Crippen LogP contribution in [-0.2, 0) is 11.3 Å². The SMILES string of the molecule is COC(=O)c1ccc(COc2ccccc2C=C(C#N)c2ccccn2)cc1. The van der Waals surface area contributed by atoms with E-state index in [1.54, 1.807) is 36.5 Å². The molecule has 2 aromatic carbocycles. The summed E-state index contributed by atoms with van der Waals surface area (Å²) in [6, 6.07) is 22.2. The smallest absolute Gasteiger partial charge is 0.337 e. The zero-order valence-corrected chi connectivity index (χ0v) is 15.3. The highest BCUT2D eigenvalue weighted by molar-refractivity contribution is 5.89. The average Bonchev–Trinajstić information content (AvgIpc) is 2.77. The number of carbonyl (C=O) groups is 1. The van der Waals surface area contributed by atoms with Crippen LogP contribution < -0.4 is 4.74 Å². The molecule has 28 heavy (non-hydrogen) atoms. The van der Waals surface area contributed by atoms with Crippen LogP contribution in [0.3, 0.4) is 0 Å². The van der Waals surface area contributed by atoms with Crippen LogP contribution in [0, 0.1) is 11.3 Å². The lowest BCUT2D eigenvalue weighted by Gasteiger charge is -2.10. The maximum atomic E-state index is 11.5. The molecular weight excluding hydrogens is 352 g/mol. The van der Waals surface area contributed by atoms with Gasteiger partial charge in [-0.05, 0) is 42.0 Å². The number of methoxy groups -OCH3 is 1. The minimum atomic E-state index is -0.374. The van der Waals surface area contributed by atoms with Crippen molar-refractivity contribution in [3.8, 4) is 11.8 Å². The van der Waals surface area contributed by atoms with Crippen LogP contribution in [0.2, 0.25) is 0 Å². The van der Waals surface area contributed by atoms with Gasteiger partial charge < -0.3 is 9.47 Å². The van der Waals surface area contributed by atoms with Gasteiger partial charge in [0.2, 0.25) is 0 Å². The Morgan fingerprint density at radius 2 is 1.82 bits per heavy atom. The van der Waals surface area contributed by atoms with Crippen LogP contribution in [0.25, 0.3) is 11.6 Å². The van der Waals surface area contributed by atoms with Crippen molar-refractivity contribution in [1.82, 2.24) is 4.98 Å². The van der Waals surface area contributed by atoms with Crippen LogP contribution >= 0.6 is 0 Å². The van der Waals surface area contributed by atoms with Gasteiger partial charge in [0.1, 0.15) is 18.4 Å². The van der Waals surface area contributed by atoms with E-state index in [1.807, 2.05) is 42.5 Å².